The van der Waals surface area contributed by atoms with Crippen LogP contribution in [0.25, 0.3) is 0 Å². The van der Waals surface area contributed by atoms with Gasteiger partial charge in [0.1, 0.15) is 0 Å². The molecule has 2 amide bonds. The number of nitrogens with two attached hydrogens (primary N) is 1. The standard InChI is InChI=1S/C9H13N3O/c1-6-3-4-7(10)8(5-6)12-9(13)11-2/h3-5H,10H2,1-2H3,(H2,11,12,13). The molecular formula is C9H13N3O. The third kappa shape index (κ3) is 2.37. The van der Waals surface area contributed by atoms with Gasteiger partial charge < -0.3 is 16.4 Å². The summed E-state index contributed by atoms with van der Waals surface area (Å²) in [4.78, 5) is 11.0. The van der Waals surface area contributed by atoms with Crippen molar-refractivity contribution < 1.29 is 4.79 Å². The van der Waals surface area contributed by atoms with Crippen molar-refractivity contribution in [1.29, 1.82) is 0 Å². The fraction of sp³-hybridized carbons (Fsp3) is 0.222. The average Bonchev–Trinajstić information content (AvgIpc) is 2.11. The smallest absolute Gasteiger partial charge is 0.319 e. The van der Waals surface area contributed by atoms with Crippen LogP contribution in [0.3, 0.4) is 0 Å². The number of nitrogen functional groups attached to an aromatic ring is 1. The molecular weight excluding hydrogens is 166 g/mol. The number of hydrogen-bond donors (Lipinski definition) is 3. The summed E-state index contributed by atoms with van der Waals surface area (Å²) in [5.41, 5.74) is 7.91. The Labute approximate surface area is 77.1 Å². The van der Waals surface area contributed by atoms with Crippen LogP contribution in [-0.2, 0) is 0 Å². The zero-order chi connectivity index (χ0) is 9.84. The molecule has 0 saturated heterocycles. The number of nitrogens with one attached hydrogen (secondary N) is 2. The van der Waals surface area contributed by atoms with E-state index >= 15 is 0 Å². The average molecular weight is 179 g/mol. The first kappa shape index (κ1) is 9.38. The molecule has 0 fully saturated rings. The second-order valence-corrected chi connectivity index (χ2v) is 2.79. The van der Waals surface area contributed by atoms with Crippen LogP contribution < -0.4 is 16.4 Å². The van der Waals surface area contributed by atoms with E-state index in [1.165, 1.54) is 0 Å². The Bertz CT molecular complexity index is 323. The topological polar surface area (TPSA) is 67.2 Å². The molecule has 13 heavy (non-hydrogen) atoms. The molecule has 0 aliphatic carbocycles. The second kappa shape index (κ2) is 3.80. The Morgan fingerprint density at radius 3 is 2.77 bits per heavy atom. The van der Waals surface area contributed by atoms with Gasteiger partial charge in [0, 0.05) is 7.05 Å². The van der Waals surface area contributed by atoms with Crippen LogP contribution in [0.2, 0.25) is 0 Å². The number of aryl methyl sites for hydroxylation is 1. The van der Waals surface area contributed by atoms with Crippen LogP contribution >= 0.6 is 0 Å². The summed E-state index contributed by atoms with van der Waals surface area (Å²) in [7, 11) is 1.56. The van der Waals surface area contributed by atoms with Crippen molar-refractivity contribution >= 4 is 17.4 Å². The maximum Gasteiger partial charge on any atom is 0.319 e. The third-order valence-corrected chi connectivity index (χ3v) is 1.68. The number of urea groups is 1. The highest BCUT2D eigenvalue weighted by molar-refractivity contribution is 5.92. The normalized spacial score (nSPS) is 9.38. The lowest BCUT2D eigenvalue weighted by atomic mass is 10.2. The highest BCUT2D eigenvalue weighted by atomic mass is 16.2. The van der Waals surface area contributed by atoms with Crippen molar-refractivity contribution in [3.63, 3.8) is 0 Å². The quantitative estimate of drug-likeness (QED) is 0.569. The van der Waals surface area contributed by atoms with Gasteiger partial charge in [-0.25, -0.2) is 4.79 Å². The van der Waals surface area contributed by atoms with Crippen LogP contribution in [0.1, 0.15) is 5.56 Å². The molecule has 0 radical (unpaired) electrons. The van der Waals surface area contributed by atoms with E-state index in [1.807, 2.05) is 19.1 Å². The zero-order valence-electron chi connectivity index (χ0n) is 7.72. The molecule has 0 bridgehead atoms. The number of amides is 2. The van der Waals surface area contributed by atoms with E-state index < -0.39 is 0 Å². The minimum absolute atomic E-state index is 0.266. The number of carbonyl (C=O) groups is 1. The maximum absolute atomic E-state index is 11.0. The second-order valence-electron chi connectivity index (χ2n) is 2.79. The summed E-state index contributed by atoms with van der Waals surface area (Å²) in [6.07, 6.45) is 0. The molecule has 0 heterocycles. The van der Waals surface area contributed by atoms with Gasteiger partial charge in [0.15, 0.2) is 0 Å². The summed E-state index contributed by atoms with van der Waals surface area (Å²) in [6.45, 7) is 1.94. The van der Waals surface area contributed by atoms with Crippen molar-refractivity contribution in [1.82, 2.24) is 5.32 Å². The van der Waals surface area contributed by atoms with Gasteiger partial charge in [0.25, 0.3) is 0 Å². The van der Waals surface area contributed by atoms with Crippen molar-refractivity contribution in [3.8, 4) is 0 Å². The molecule has 0 spiro atoms. The van der Waals surface area contributed by atoms with E-state index in [1.54, 1.807) is 13.1 Å². The van der Waals surface area contributed by atoms with Gasteiger partial charge in [0.05, 0.1) is 11.4 Å². The third-order valence-electron chi connectivity index (χ3n) is 1.68. The predicted molar refractivity (Wildman–Crippen MR) is 53.7 cm³/mol. The van der Waals surface area contributed by atoms with Gasteiger partial charge in [0.2, 0.25) is 0 Å². The minimum atomic E-state index is -0.266. The van der Waals surface area contributed by atoms with Crippen LogP contribution in [0.15, 0.2) is 18.2 Å². The summed E-state index contributed by atoms with van der Waals surface area (Å²) < 4.78 is 0. The molecule has 0 aromatic heterocycles. The Morgan fingerprint density at radius 2 is 2.15 bits per heavy atom. The van der Waals surface area contributed by atoms with Gasteiger partial charge in [-0.05, 0) is 24.6 Å². The van der Waals surface area contributed by atoms with Gasteiger partial charge in [-0.1, -0.05) is 6.07 Å². The molecule has 0 aliphatic heterocycles. The zero-order valence-corrected chi connectivity index (χ0v) is 7.72. The van der Waals surface area contributed by atoms with Crippen molar-refractivity contribution in [2.24, 2.45) is 0 Å². The first-order valence-corrected chi connectivity index (χ1v) is 3.98. The summed E-state index contributed by atoms with van der Waals surface area (Å²) in [6, 6.07) is 5.22. The van der Waals surface area contributed by atoms with E-state index in [2.05, 4.69) is 10.6 Å². The van der Waals surface area contributed by atoms with Crippen LogP contribution in [0.5, 0.6) is 0 Å². The Morgan fingerprint density at radius 1 is 1.46 bits per heavy atom. The summed E-state index contributed by atoms with van der Waals surface area (Å²) in [5.74, 6) is 0. The van der Waals surface area contributed by atoms with E-state index in [0.29, 0.717) is 11.4 Å². The van der Waals surface area contributed by atoms with Crippen molar-refractivity contribution in [2.75, 3.05) is 18.1 Å². The predicted octanol–water partition coefficient (Wildman–Crippen LogP) is 1.33. The first-order valence-electron chi connectivity index (χ1n) is 3.98. The van der Waals surface area contributed by atoms with E-state index in [-0.39, 0.29) is 6.03 Å². The van der Waals surface area contributed by atoms with Crippen LogP contribution in [0, 0.1) is 6.92 Å². The van der Waals surface area contributed by atoms with Gasteiger partial charge >= 0.3 is 6.03 Å². The van der Waals surface area contributed by atoms with Gasteiger partial charge in [-0.15, -0.1) is 0 Å². The number of hydrogen-bond acceptors (Lipinski definition) is 2. The van der Waals surface area contributed by atoms with Gasteiger partial charge in [-0.3, -0.25) is 0 Å². The van der Waals surface area contributed by atoms with Gasteiger partial charge in [-0.2, -0.15) is 0 Å². The monoisotopic (exact) mass is 179 g/mol. The Hall–Kier alpha value is -1.71. The number of anilines is 2. The molecule has 70 valence electrons. The molecule has 4 N–H and O–H groups in total. The molecule has 0 unspecified atom stereocenters. The van der Waals surface area contributed by atoms with Crippen LogP contribution in [-0.4, -0.2) is 13.1 Å². The molecule has 0 aliphatic rings. The lowest BCUT2D eigenvalue weighted by molar-refractivity contribution is 0.254. The number of benzene rings is 1. The van der Waals surface area contributed by atoms with E-state index in [0.717, 1.165) is 5.56 Å². The lowest BCUT2D eigenvalue weighted by Crippen LogP contribution is -2.24. The Balaban J connectivity index is 2.87. The molecule has 4 heteroatoms. The molecule has 1 rings (SSSR count). The molecule has 4 nitrogen and oxygen atoms in total. The highest BCUT2D eigenvalue weighted by Crippen LogP contribution is 2.18. The molecule has 1 aromatic rings. The first-order chi connectivity index (χ1) is 6.13. The van der Waals surface area contributed by atoms with Crippen molar-refractivity contribution in [2.45, 2.75) is 6.92 Å². The highest BCUT2D eigenvalue weighted by Gasteiger charge is 2.02. The largest absolute Gasteiger partial charge is 0.397 e. The van der Waals surface area contributed by atoms with Crippen LogP contribution in [0.4, 0.5) is 16.2 Å². The Kier molecular flexibility index (Phi) is 2.74. The van der Waals surface area contributed by atoms with E-state index in [4.69, 9.17) is 5.73 Å². The number of carbonyl (C=O) groups excluding carboxylic acids is 1. The van der Waals surface area contributed by atoms with Crippen molar-refractivity contribution in [3.05, 3.63) is 23.8 Å². The summed E-state index contributed by atoms with van der Waals surface area (Å²) in [5, 5.41) is 5.08. The lowest BCUT2D eigenvalue weighted by Gasteiger charge is -2.07. The SMILES string of the molecule is CNC(=O)Nc1cc(C)ccc1N. The molecule has 0 atom stereocenters. The van der Waals surface area contributed by atoms with E-state index in [9.17, 15) is 4.79 Å². The summed E-state index contributed by atoms with van der Waals surface area (Å²) >= 11 is 0. The fourth-order valence-electron chi connectivity index (χ4n) is 0.963. The maximum atomic E-state index is 11.0. The number of rotatable bonds is 1. The molecule has 0 saturated carbocycles. The minimum Gasteiger partial charge on any atom is -0.397 e. The fourth-order valence-corrected chi connectivity index (χ4v) is 0.963. The molecule has 1 aromatic carbocycles.